The number of aryl methyl sites for hydroxylation is 1. The lowest BCUT2D eigenvalue weighted by Gasteiger charge is -2.49. The molecule has 1 aliphatic carbocycles. The number of nitrogens with zero attached hydrogens (tertiary/aromatic N) is 1. The average molecular weight is 311 g/mol. The molecular weight excluding hydrogens is 282 g/mol. The van der Waals surface area contributed by atoms with E-state index in [2.05, 4.69) is 63.1 Å². The molecule has 4 rings (SSSR count). The highest BCUT2D eigenvalue weighted by molar-refractivity contribution is 5.60. The van der Waals surface area contributed by atoms with Crippen LogP contribution in [0.2, 0.25) is 0 Å². The van der Waals surface area contributed by atoms with Gasteiger partial charge in [-0.2, -0.15) is 0 Å². The van der Waals surface area contributed by atoms with Crippen molar-refractivity contribution in [1.82, 2.24) is 4.90 Å². The van der Waals surface area contributed by atoms with Crippen LogP contribution in [0.5, 0.6) is 5.75 Å². The van der Waals surface area contributed by atoms with Crippen LogP contribution in [0.1, 0.15) is 45.2 Å². The summed E-state index contributed by atoms with van der Waals surface area (Å²) in [6.45, 7) is 11.9. The molecular formula is C21H29NO. The third kappa shape index (κ3) is 2.11. The summed E-state index contributed by atoms with van der Waals surface area (Å²) in [5.41, 5.74) is 5.75. The topological polar surface area (TPSA) is 12.5 Å². The Balaban J connectivity index is 0.000000753. The van der Waals surface area contributed by atoms with E-state index in [1.165, 1.54) is 22.3 Å². The van der Waals surface area contributed by atoms with E-state index < -0.39 is 0 Å². The van der Waals surface area contributed by atoms with Crippen LogP contribution >= 0.6 is 0 Å². The second-order valence-electron chi connectivity index (χ2n) is 6.86. The number of allylic oxidation sites excluding steroid dienone is 2. The number of hydrogen-bond acceptors (Lipinski definition) is 2. The summed E-state index contributed by atoms with van der Waals surface area (Å²) in [5.74, 6) is 1.09. The molecule has 23 heavy (non-hydrogen) atoms. The standard InChI is InChI=1S/C19H23NO.C2H6/c1-12-6-5-7-16-17(12)19-10-11-20(4)14(3)15(19)9-8-13(2)18(19)21-16;1-2/h5-9,14,18H,10-11H2,1-4H3;1-2H3/t14?,18-,19?;/m0./s1. The zero-order chi connectivity index (χ0) is 16.8. The predicted molar refractivity (Wildman–Crippen MR) is 97.2 cm³/mol. The SMILES string of the molecule is CC.CC1=CC=C2C(C)N(C)CCC23c2c(C)cccc2O[C@@H]13. The monoisotopic (exact) mass is 311 g/mol. The van der Waals surface area contributed by atoms with Gasteiger partial charge in [-0.05, 0) is 63.6 Å². The van der Waals surface area contributed by atoms with E-state index >= 15 is 0 Å². The molecule has 0 radical (unpaired) electrons. The van der Waals surface area contributed by atoms with Crippen molar-refractivity contribution in [2.45, 2.75) is 58.6 Å². The number of ether oxygens (including phenoxy) is 1. The summed E-state index contributed by atoms with van der Waals surface area (Å²) in [6, 6.07) is 6.96. The van der Waals surface area contributed by atoms with Crippen LogP contribution in [-0.2, 0) is 5.41 Å². The molecule has 1 saturated heterocycles. The van der Waals surface area contributed by atoms with Gasteiger partial charge in [0.1, 0.15) is 11.9 Å². The molecule has 0 aromatic heterocycles. The lowest BCUT2D eigenvalue weighted by Crippen LogP contribution is -2.54. The van der Waals surface area contributed by atoms with Crippen molar-refractivity contribution in [2.75, 3.05) is 13.6 Å². The van der Waals surface area contributed by atoms with Crippen molar-refractivity contribution in [3.8, 4) is 5.75 Å². The van der Waals surface area contributed by atoms with Crippen LogP contribution in [0.15, 0.2) is 41.5 Å². The third-order valence-electron chi connectivity index (χ3n) is 5.80. The summed E-state index contributed by atoms with van der Waals surface area (Å²) >= 11 is 0. The second-order valence-corrected chi connectivity index (χ2v) is 6.86. The van der Waals surface area contributed by atoms with Gasteiger partial charge in [-0.25, -0.2) is 0 Å². The summed E-state index contributed by atoms with van der Waals surface area (Å²) in [5, 5.41) is 0. The Kier molecular flexibility index (Phi) is 4.14. The minimum atomic E-state index is 0.0609. The van der Waals surface area contributed by atoms with Gasteiger partial charge in [-0.1, -0.05) is 38.1 Å². The van der Waals surface area contributed by atoms with Gasteiger partial charge in [0.15, 0.2) is 0 Å². The van der Waals surface area contributed by atoms with Crippen LogP contribution in [0.3, 0.4) is 0 Å². The van der Waals surface area contributed by atoms with E-state index in [0.717, 1.165) is 18.7 Å². The predicted octanol–water partition coefficient (Wildman–Crippen LogP) is 4.63. The molecule has 2 unspecified atom stereocenters. The molecule has 2 heteroatoms. The van der Waals surface area contributed by atoms with Crippen molar-refractivity contribution in [3.63, 3.8) is 0 Å². The van der Waals surface area contributed by atoms with Crippen molar-refractivity contribution in [3.05, 3.63) is 52.6 Å². The summed E-state index contributed by atoms with van der Waals surface area (Å²) < 4.78 is 6.42. The summed E-state index contributed by atoms with van der Waals surface area (Å²) in [7, 11) is 2.23. The largest absolute Gasteiger partial charge is 0.484 e. The number of rotatable bonds is 0. The minimum absolute atomic E-state index is 0.0609. The second kappa shape index (κ2) is 5.83. The molecule has 2 aliphatic heterocycles. The van der Waals surface area contributed by atoms with Crippen molar-refractivity contribution < 1.29 is 4.74 Å². The van der Waals surface area contributed by atoms with Crippen LogP contribution in [0, 0.1) is 6.92 Å². The van der Waals surface area contributed by atoms with Gasteiger partial charge < -0.3 is 4.74 Å². The first kappa shape index (κ1) is 16.3. The lowest BCUT2D eigenvalue weighted by atomic mass is 9.60. The normalized spacial score (nSPS) is 31.6. The van der Waals surface area contributed by atoms with Gasteiger partial charge in [0.05, 0.1) is 5.41 Å². The fraction of sp³-hybridized carbons (Fsp3) is 0.524. The van der Waals surface area contributed by atoms with E-state index in [1.54, 1.807) is 0 Å². The minimum Gasteiger partial charge on any atom is -0.484 e. The number of piperidine rings is 1. The molecule has 1 spiro atoms. The molecule has 3 atom stereocenters. The fourth-order valence-electron chi connectivity index (χ4n) is 4.60. The number of likely N-dealkylation sites (N-methyl/N-ethyl adjacent to an activating group) is 1. The Morgan fingerprint density at radius 2 is 1.91 bits per heavy atom. The number of likely N-dealkylation sites (tertiary alicyclic amines) is 1. The Morgan fingerprint density at radius 3 is 2.65 bits per heavy atom. The van der Waals surface area contributed by atoms with Gasteiger partial charge in [0.2, 0.25) is 0 Å². The van der Waals surface area contributed by atoms with E-state index in [4.69, 9.17) is 4.74 Å². The molecule has 3 aliphatic rings. The lowest BCUT2D eigenvalue weighted by molar-refractivity contribution is 0.125. The molecule has 0 N–H and O–H groups in total. The Bertz CT molecular complexity index is 672. The van der Waals surface area contributed by atoms with Crippen LogP contribution in [0.4, 0.5) is 0 Å². The van der Waals surface area contributed by atoms with E-state index in [9.17, 15) is 0 Å². The average Bonchev–Trinajstić information content (AvgIpc) is 2.90. The van der Waals surface area contributed by atoms with Crippen LogP contribution in [-0.4, -0.2) is 30.6 Å². The first-order chi connectivity index (χ1) is 11.1. The zero-order valence-corrected chi connectivity index (χ0v) is 15.3. The summed E-state index contributed by atoms with van der Waals surface area (Å²) in [4.78, 5) is 2.46. The van der Waals surface area contributed by atoms with Gasteiger partial charge in [0, 0.05) is 11.6 Å². The number of benzene rings is 1. The van der Waals surface area contributed by atoms with E-state index in [0.29, 0.717) is 6.04 Å². The van der Waals surface area contributed by atoms with Crippen molar-refractivity contribution in [1.29, 1.82) is 0 Å². The van der Waals surface area contributed by atoms with Gasteiger partial charge in [0.25, 0.3) is 0 Å². The molecule has 124 valence electrons. The third-order valence-corrected chi connectivity index (χ3v) is 5.80. The van der Waals surface area contributed by atoms with E-state index in [-0.39, 0.29) is 11.5 Å². The van der Waals surface area contributed by atoms with Crippen LogP contribution in [0.25, 0.3) is 0 Å². The first-order valence-corrected chi connectivity index (χ1v) is 8.91. The van der Waals surface area contributed by atoms with Crippen LogP contribution < -0.4 is 4.74 Å². The molecule has 0 saturated carbocycles. The molecule has 2 heterocycles. The number of fused-ring (bicyclic) bond motifs is 1. The molecule has 1 fully saturated rings. The maximum absolute atomic E-state index is 6.42. The zero-order valence-electron chi connectivity index (χ0n) is 15.3. The highest BCUT2D eigenvalue weighted by atomic mass is 16.5. The molecule has 2 nitrogen and oxygen atoms in total. The first-order valence-electron chi connectivity index (χ1n) is 8.91. The quantitative estimate of drug-likeness (QED) is 0.692. The fourth-order valence-corrected chi connectivity index (χ4v) is 4.60. The smallest absolute Gasteiger partial charge is 0.133 e. The van der Waals surface area contributed by atoms with E-state index in [1.807, 2.05) is 13.8 Å². The summed E-state index contributed by atoms with van der Waals surface area (Å²) in [6.07, 6.45) is 5.95. The molecule has 1 aromatic carbocycles. The highest BCUT2D eigenvalue weighted by Crippen LogP contribution is 2.57. The van der Waals surface area contributed by atoms with Gasteiger partial charge in [-0.3, -0.25) is 4.90 Å². The molecule has 1 aromatic rings. The Labute approximate surface area is 140 Å². The maximum atomic E-state index is 6.42. The molecule has 0 bridgehead atoms. The molecule has 0 amide bonds. The van der Waals surface area contributed by atoms with Crippen molar-refractivity contribution >= 4 is 0 Å². The Morgan fingerprint density at radius 1 is 1.17 bits per heavy atom. The highest BCUT2D eigenvalue weighted by Gasteiger charge is 2.56. The van der Waals surface area contributed by atoms with Gasteiger partial charge in [-0.15, -0.1) is 0 Å². The maximum Gasteiger partial charge on any atom is 0.133 e. The Hall–Kier alpha value is -1.54. The van der Waals surface area contributed by atoms with Gasteiger partial charge >= 0.3 is 0 Å². The number of hydrogen-bond donors (Lipinski definition) is 0. The van der Waals surface area contributed by atoms with Crippen molar-refractivity contribution in [2.24, 2.45) is 0 Å².